The Bertz CT molecular complexity index is 916. The summed E-state index contributed by atoms with van der Waals surface area (Å²) in [6.07, 6.45) is 0.590. The van der Waals surface area contributed by atoms with Gasteiger partial charge in [0, 0.05) is 13.0 Å². The molecule has 0 saturated heterocycles. The van der Waals surface area contributed by atoms with Gasteiger partial charge in [0.15, 0.2) is 11.9 Å². The number of aryl methyl sites for hydroxylation is 1. The lowest BCUT2D eigenvalue weighted by molar-refractivity contribution is 0.202. The lowest BCUT2D eigenvalue weighted by Gasteiger charge is -2.14. The van der Waals surface area contributed by atoms with Gasteiger partial charge < -0.3 is 14.0 Å². The number of para-hydroxylation sites is 1. The van der Waals surface area contributed by atoms with Crippen LogP contribution in [0.25, 0.3) is 10.9 Å². The third-order valence-electron chi connectivity index (χ3n) is 4.16. The average Bonchev–Trinajstić information content (AvgIpc) is 2.99. The van der Waals surface area contributed by atoms with E-state index in [-0.39, 0.29) is 11.7 Å². The minimum absolute atomic E-state index is 0.197. The van der Waals surface area contributed by atoms with Crippen molar-refractivity contribution >= 4 is 10.9 Å². The molecule has 0 radical (unpaired) electrons. The van der Waals surface area contributed by atoms with Gasteiger partial charge in [0.1, 0.15) is 11.5 Å². The van der Waals surface area contributed by atoms with Crippen LogP contribution in [0.1, 0.15) is 18.3 Å². The molecule has 0 fully saturated rings. The van der Waals surface area contributed by atoms with Crippen LogP contribution in [0.4, 0.5) is 0 Å². The van der Waals surface area contributed by atoms with Crippen LogP contribution in [0, 0.1) is 0 Å². The topological polar surface area (TPSA) is 53.4 Å². The Morgan fingerprint density at radius 2 is 1.83 bits per heavy atom. The Labute approximate surface area is 133 Å². The predicted molar refractivity (Wildman–Crippen MR) is 87.0 cm³/mol. The third kappa shape index (κ3) is 2.34. The minimum Gasteiger partial charge on any atom is -0.497 e. The van der Waals surface area contributed by atoms with Crippen LogP contribution in [0.2, 0.25) is 0 Å². The van der Waals surface area contributed by atoms with Crippen molar-refractivity contribution in [3.8, 4) is 11.5 Å². The molecule has 0 amide bonds. The molecule has 0 bridgehead atoms. The smallest absolute Gasteiger partial charge is 0.280 e. The van der Waals surface area contributed by atoms with Crippen molar-refractivity contribution in [3.63, 3.8) is 0 Å². The van der Waals surface area contributed by atoms with Gasteiger partial charge in [-0.15, -0.1) is 0 Å². The predicted octanol–water partition coefficient (Wildman–Crippen LogP) is 2.93. The Hall–Kier alpha value is -2.82. The summed E-state index contributed by atoms with van der Waals surface area (Å²) in [5.41, 5.74) is 0.723. The van der Waals surface area contributed by atoms with E-state index in [1.807, 2.05) is 48.5 Å². The molecule has 3 aromatic rings. The van der Waals surface area contributed by atoms with Gasteiger partial charge in [-0.25, -0.2) is 0 Å². The zero-order chi connectivity index (χ0) is 15.8. The molecule has 4 rings (SSSR count). The fourth-order valence-electron chi connectivity index (χ4n) is 3.02. The largest absolute Gasteiger partial charge is 0.497 e. The summed E-state index contributed by atoms with van der Waals surface area (Å²) in [6, 6.07) is 15.0. The maximum atomic E-state index is 12.2. The molecule has 1 atom stereocenters. The second-order valence-corrected chi connectivity index (χ2v) is 5.51. The minimum atomic E-state index is -0.208. The first-order chi connectivity index (χ1) is 11.3. The number of fused-ring (bicyclic) bond motifs is 3. The molecule has 23 heavy (non-hydrogen) atoms. The lowest BCUT2D eigenvalue weighted by Crippen LogP contribution is -2.17. The van der Waals surface area contributed by atoms with Crippen molar-refractivity contribution in [1.29, 1.82) is 0 Å². The molecule has 0 aliphatic carbocycles. The van der Waals surface area contributed by atoms with Crippen LogP contribution in [0.5, 0.6) is 11.5 Å². The summed E-state index contributed by atoms with van der Waals surface area (Å²) >= 11 is 0. The van der Waals surface area contributed by atoms with E-state index in [2.05, 4.69) is 9.55 Å². The van der Waals surface area contributed by atoms with Crippen LogP contribution < -0.4 is 15.0 Å². The number of methoxy groups -OCH3 is 1. The van der Waals surface area contributed by atoms with E-state index in [4.69, 9.17) is 9.47 Å². The monoisotopic (exact) mass is 308 g/mol. The molecule has 5 nitrogen and oxygen atoms in total. The van der Waals surface area contributed by atoms with Crippen molar-refractivity contribution in [2.45, 2.75) is 19.1 Å². The highest BCUT2D eigenvalue weighted by atomic mass is 16.5. The zero-order valence-corrected chi connectivity index (χ0v) is 12.7. The van der Waals surface area contributed by atoms with Crippen LogP contribution in [-0.4, -0.2) is 16.7 Å². The van der Waals surface area contributed by atoms with E-state index in [0.29, 0.717) is 11.2 Å². The van der Waals surface area contributed by atoms with Crippen molar-refractivity contribution in [2.24, 2.45) is 0 Å². The third-order valence-corrected chi connectivity index (χ3v) is 4.16. The molecular weight excluding hydrogens is 292 g/mol. The fraction of sp³-hybridized carbons (Fsp3) is 0.222. The molecule has 2 heterocycles. The standard InChI is InChI=1S/C18H16N2O3/c1-22-12-6-8-13(9-7-12)23-16-10-11-20-15-5-3-2-4-14(15)18(21)19-17(16)20/h2-9,16H,10-11H2,1H3. The van der Waals surface area contributed by atoms with Crippen LogP contribution in [0.15, 0.2) is 53.3 Å². The Kier molecular flexibility index (Phi) is 3.26. The van der Waals surface area contributed by atoms with E-state index in [0.717, 1.165) is 30.0 Å². The summed E-state index contributed by atoms with van der Waals surface area (Å²) in [7, 11) is 1.63. The summed E-state index contributed by atoms with van der Waals surface area (Å²) < 4.78 is 13.2. The lowest BCUT2D eigenvalue weighted by atomic mass is 10.2. The fourth-order valence-corrected chi connectivity index (χ4v) is 3.02. The van der Waals surface area contributed by atoms with Crippen molar-refractivity contribution < 1.29 is 9.47 Å². The van der Waals surface area contributed by atoms with Crippen LogP contribution in [-0.2, 0) is 6.54 Å². The Morgan fingerprint density at radius 1 is 1.09 bits per heavy atom. The van der Waals surface area contributed by atoms with E-state index >= 15 is 0 Å². The van der Waals surface area contributed by atoms with Crippen molar-refractivity contribution in [1.82, 2.24) is 9.55 Å². The molecule has 0 N–H and O–H groups in total. The molecule has 2 aromatic carbocycles. The molecule has 5 heteroatoms. The number of nitrogens with zero attached hydrogens (tertiary/aromatic N) is 2. The average molecular weight is 308 g/mol. The number of rotatable bonds is 3. The number of benzene rings is 2. The van der Waals surface area contributed by atoms with E-state index in [1.165, 1.54) is 0 Å². The van der Waals surface area contributed by atoms with E-state index < -0.39 is 0 Å². The molecule has 0 spiro atoms. The van der Waals surface area contributed by atoms with Crippen molar-refractivity contribution in [2.75, 3.05) is 7.11 Å². The molecule has 1 aromatic heterocycles. The SMILES string of the molecule is COc1ccc(OC2CCn3c2nc(=O)c2ccccc23)cc1. The van der Waals surface area contributed by atoms with Gasteiger partial charge in [0.05, 0.1) is 18.0 Å². The molecule has 1 aliphatic heterocycles. The first-order valence-electron chi connectivity index (χ1n) is 7.56. The second kappa shape index (κ2) is 5.43. The summed E-state index contributed by atoms with van der Waals surface area (Å²) in [5.74, 6) is 2.22. The normalized spacial score (nSPS) is 16.3. The summed E-state index contributed by atoms with van der Waals surface area (Å²) in [6.45, 7) is 0.796. The number of hydrogen-bond donors (Lipinski definition) is 0. The van der Waals surface area contributed by atoms with Gasteiger partial charge in [-0.1, -0.05) is 12.1 Å². The van der Waals surface area contributed by atoms with E-state index in [1.54, 1.807) is 7.11 Å². The molecule has 116 valence electrons. The van der Waals surface area contributed by atoms with Gasteiger partial charge >= 0.3 is 0 Å². The summed E-state index contributed by atoms with van der Waals surface area (Å²) in [4.78, 5) is 16.5. The number of ether oxygens (including phenoxy) is 2. The van der Waals surface area contributed by atoms with Gasteiger partial charge in [-0.2, -0.15) is 4.98 Å². The first kappa shape index (κ1) is 13.8. The van der Waals surface area contributed by atoms with Crippen LogP contribution in [0.3, 0.4) is 0 Å². The maximum absolute atomic E-state index is 12.2. The number of aromatic nitrogens is 2. The Balaban J connectivity index is 1.71. The van der Waals surface area contributed by atoms with Gasteiger partial charge in [0.2, 0.25) is 0 Å². The highest BCUT2D eigenvalue weighted by molar-refractivity contribution is 5.78. The van der Waals surface area contributed by atoms with Crippen molar-refractivity contribution in [3.05, 3.63) is 64.7 Å². The summed E-state index contributed by atoms with van der Waals surface area (Å²) in [5, 5.41) is 0.654. The quantitative estimate of drug-likeness (QED) is 0.746. The number of hydrogen-bond acceptors (Lipinski definition) is 4. The zero-order valence-electron chi connectivity index (χ0n) is 12.7. The van der Waals surface area contributed by atoms with Gasteiger partial charge in [-0.3, -0.25) is 4.79 Å². The molecular formula is C18H16N2O3. The first-order valence-corrected chi connectivity index (χ1v) is 7.56. The molecule has 1 unspecified atom stereocenters. The molecule has 1 aliphatic rings. The second-order valence-electron chi connectivity index (χ2n) is 5.51. The Morgan fingerprint density at radius 3 is 2.61 bits per heavy atom. The highest BCUT2D eigenvalue weighted by Crippen LogP contribution is 2.31. The van der Waals surface area contributed by atoms with Gasteiger partial charge in [-0.05, 0) is 36.4 Å². The van der Waals surface area contributed by atoms with Crippen LogP contribution >= 0.6 is 0 Å². The molecule has 0 saturated carbocycles. The highest BCUT2D eigenvalue weighted by Gasteiger charge is 2.27. The van der Waals surface area contributed by atoms with Gasteiger partial charge in [0.25, 0.3) is 5.56 Å². The maximum Gasteiger partial charge on any atom is 0.280 e. The van der Waals surface area contributed by atoms with E-state index in [9.17, 15) is 4.79 Å².